The fraction of sp³-hybridized carbons (Fsp3) is 0.737. The second-order valence-electron chi connectivity index (χ2n) is 8.44. The first kappa shape index (κ1) is 15.9. The van der Waals surface area contributed by atoms with E-state index in [0.29, 0.717) is 5.92 Å². The lowest BCUT2D eigenvalue weighted by atomic mass is 9.75. The molecule has 24 heavy (non-hydrogen) atoms. The summed E-state index contributed by atoms with van der Waals surface area (Å²) in [5.41, 5.74) is 2.56. The Morgan fingerprint density at radius 1 is 1.12 bits per heavy atom. The molecule has 1 saturated carbocycles. The van der Waals surface area contributed by atoms with Crippen molar-refractivity contribution < 1.29 is 0 Å². The van der Waals surface area contributed by atoms with E-state index in [-0.39, 0.29) is 5.54 Å². The van der Waals surface area contributed by atoms with Crippen LogP contribution in [0.5, 0.6) is 0 Å². The van der Waals surface area contributed by atoms with Gasteiger partial charge in [-0.3, -0.25) is 4.68 Å². The van der Waals surface area contributed by atoms with Crippen LogP contribution in [0.2, 0.25) is 0 Å². The molecule has 130 valence electrons. The van der Waals surface area contributed by atoms with Crippen LogP contribution in [0, 0.1) is 5.92 Å². The number of nitrogens with zero attached hydrogens (tertiary/aromatic N) is 5. The number of hydrogen-bond donors (Lipinski definition) is 0. The SMILES string of the molecule is CCc1nnc2n1CC(C1CCCCC1)c1cnn(C(C)(C)C)c1-2. The van der Waals surface area contributed by atoms with E-state index in [2.05, 4.69) is 53.3 Å². The van der Waals surface area contributed by atoms with Gasteiger partial charge in [-0.25, -0.2) is 0 Å². The summed E-state index contributed by atoms with van der Waals surface area (Å²) in [6, 6.07) is 0. The van der Waals surface area contributed by atoms with Crippen molar-refractivity contribution in [3.05, 3.63) is 17.6 Å². The molecule has 1 aliphatic carbocycles. The minimum atomic E-state index is -0.0504. The third kappa shape index (κ3) is 2.40. The number of rotatable bonds is 2. The highest BCUT2D eigenvalue weighted by Crippen LogP contribution is 2.45. The van der Waals surface area contributed by atoms with Crippen molar-refractivity contribution in [3.63, 3.8) is 0 Å². The Morgan fingerprint density at radius 3 is 2.54 bits per heavy atom. The molecule has 1 atom stereocenters. The van der Waals surface area contributed by atoms with E-state index in [1.165, 1.54) is 43.4 Å². The third-order valence-electron chi connectivity index (χ3n) is 5.79. The standard InChI is InChI=1S/C19H29N5/c1-5-16-21-22-18-17-14(11-20-24(17)19(2,3)4)15(12-23(16)18)13-9-7-6-8-10-13/h11,13,15H,5-10,12H2,1-4H3. The molecule has 3 heterocycles. The van der Waals surface area contributed by atoms with E-state index in [4.69, 9.17) is 5.10 Å². The zero-order valence-corrected chi connectivity index (χ0v) is 15.4. The topological polar surface area (TPSA) is 48.5 Å². The monoisotopic (exact) mass is 327 g/mol. The van der Waals surface area contributed by atoms with E-state index < -0.39 is 0 Å². The summed E-state index contributed by atoms with van der Waals surface area (Å²) in [5.74, 6) is 3.46. The van der Waals surface area contributed by atoms with Crippen LogP contribution in [-0.2, 0) is 18.5 Å². The molecule has 1 aliphatic heterocycles. The Bertz CT molecular complexity index is 728. The quantitative estimate of drug-likeness (QED) is 0.833. The van der Waals surface area contributed by atoms with Crippen molar-refractivity contribution in [1.82, 2.24) is 24.5 Å². The lowest BCUT2D eigenvalue weighted by Crippen LogP contribution is -2.29. The van der Waals surface area contributed by atoms with Gasteiger partial charge in [0.1, 0.15) is 11.5 Å². The number of aromatic nitrogens is 5. The summed E-state index contributed by atoms with van der Waals surface area (Å²) >= 11 is 0. The van der Waals surface area contributed by atoms with Gasteiger partial charge in [0.05, 0.1) is 11.7 Å². The van der Waals surface area contributed by atoms with Gasteiger partial charge in [-0.05, 0) is 39.5 Å². The normalized spacial score (nSPS) is 21.6. The van der Waals surface area contributed by atoms with Crippen LogP contribution in [0.4, 0.5) is 0 Å². The maximum absolute atomic E-state index is 4.78. The van der Waals surface area contributed by atoms with Crippen molar-refractivity contribution in [2.75, 3.05) is 0 Å². The molecule has 0 amide bonds. The van der Waals surface area contributed by atoms with Gasteiger partial charge in [0, 0.05) is 24.4 Å². The molecule has 0 radical (unpaired) electrons. The maximum atomic E-state index is 4.78. The Hall–Kier alpha value is -1.65. The van der Waals surface area contributed by atoms with Crippen LogP contribution >= 0.6 is 0 Å². The molecular formula is C19H29N5. The Balaban J connectivity index is 1.86. The van der Waals surface area contributed by atoms with Gasteiger partial charge in [-0.2, -0.15) is 5.10 Å². The summed E-state index contributed by atoms with van der Waals surface area (Å²) in [6.45, 7) is 9.84. The summed E-state index contributed by atoms with van der Waals surface area (Å²) < 4.78 is 4.53. The Morgan fingerprint density at radius 2 is 1.88 bits per heavy atom. The van der Waals surface area contributed by atoms with Gasteiger partial charge < -0.3 is 4.57 Å². The molecule has 0 aromatic carbocycles. The molecule has 0 saturated heterocycles. The van der Waals surface area contributed by atoms with Crippen molar-refractivity contribution in [2.24, 2.45) is 5.92 Å². The smallest absolute Gasteiger partial charge is 0.182 e. The summed E-state index contributed by atoms with van der Waals surface area (Å²) in [6.07, 6.45) is 9.90. The van der Waals surface area contributed by atoms with Crippen molar-refractivity contribution in [1.29, 1.82) is 0 Å². The van der Waals surface area contributed by atoms with Gasteiger partial charge in [0.2, 0.25) is 0 Å². The zero-order chi connectivity index (χ0) is 16.9. The minimum Gasteiger partial charge on any atom is -0.309 e. The van der Waals surface area contributed by atoms with Crippen LogP contribution in [0.25, 0.3) is 11.5 Å². The first-order chi connectivity index (χ1) is 11.5. The van der Waals surface area contributed by atoms with Crippen molar-refractivity contribution in [3.8, 4) is 11.5 Å². The van der Waals surface area contributed by atoms with E-state index in [0.717, 1.165) is 30.5 Å². The summed E-state index contributed by atoms with van der Waals surface area (Å²) in [4.78, 5) is 0. The van der Waals surface area contributed by atoms with Crippen molar-refractivity contribution >= 4 is 0 Å². The second-order valence-corrected chi connectivity index (χ2v) is 8.44. The van der Waals surface area contributed by atoms with Gasteiger partial charge in [0.15, 0.2) is 5.82 Å². The first-order valence-electron chi connectivity index (χ1n) is 9.51. The molecule has 4 rings (SSSR count). The van der Waals surface area contributed by atoms with Crippen molar-refractivity contribution in [2.45, 2.75) is 84.2 Å². The maximum Gasteiger partial charge on any atom is 0.182 e. The minimum absolute atomic E-state index is 0.0504. The predicted molar refractivity (Wildman–Crippen MR) is 94.9 cm³/mol. The summed E-state index contributed by atoms with van der Waals surface area (Å²) in [5, 5.41) is 13.8. The molecule has 1 fully saturated rings. The van der Waals surface area contributed by atoms with E-state index >= 15 is 0 Å². The molecule has 2 aromatic heterocycles. The van der Waals surface area contributed by atoms with E-state index in [1.807, 2.05) is 0 Å². The van der Waals surface area contributed by atoms with Crippen LogP contribution in [0.3, 0.4) is 0 Å². The van der Waals surface area contributed by atoms with Crippen LogP contribution in [-0.4, -0.2) is 24.5 Å². The molecule has 5 heteroatoms. The highest BCUT2D eigenvalue weighted by molar-refractivity contribution is 5.59. The highest BCUT2D eigenvalue weighted by Gasteiger charge is 2.37. The molecule has 0 spiro atoms. The Labute approximate surface area is 144 Å². The van der Waals surface area contributed by atoms with Gasteiger partial charge in [0.25, 0.3) is 0 Å². The molecule has 2 aromatic rings. The lowest BCUT2D eigenvalue weighted by Gasteiger charge is -2.34. The average Bonchev–Trinajstić information content (AvgIpc) is 3.18. The summed E-state index contributed by atoms with van der Waals surface area (Å²) in [7, 11) is 0. The number of hydrogen-bond acceptors (Lipinski definition) is 3. The fourth-order valence-electron chi connectivity index (χ4n) is 4.56. The fourth-order valence-corrected chi connectivity index (χ4v) is 4.56. The zero-order valence-electron chi connectivity index (χ0n) is 15.4. The Kier molecular flexibility index (Phi) is 3.77. The lowest BCUT2D eigenvalue weighted by molar-refractivity contribution is 0.278. The van der Waals surface area contributed by atoms with Gasteiger partial charge in [-0.15, -0.1) is 10.2 Å². The van der Waals surface area contributed by atoms with Gasteiger partial charge in [-0.1, -0.05) is 26.2 Å². The molecule has 2 aliphatic rings. The van der Waals surface area contributed by atoms with Crippen LogP contribution in [0.1, 0.15) is 77.1 Å². The predicted octanol–water partition coefficient (Wildman–Crippen LogP) is 4.14. The average molecular weight is 327 g/mol. The van der Waals surface area contributed by atoms with Crippen LogP contribution < -0.4 is 0 Å². The van der Waals surface area contributed by atoms with E-state index in [1.54, 1.807) is 0 Å². The second kappa shape index (κ2) is 5.71. The third-order valence-corrected chi connectivity index (χ3v) is 5.79. The number of aryl methyl sites for hydroxylation is 1. The largest absolute Gasteiger partial charge is 0.309 e. The highest BCUT2D eigenvalue weighted by atomic mass is 15.4. The van der Waals surface area contributed by atoms with Crippen LogP contribution in [0.15, 0.2) is 6.20 Å². The first-order valence-corrected chi connectivity index (χ1v) is 9.51. The molecule has 5 nitrogen and oxygen atoms in total. The number of fused-ring (bicyclic) bond motifs is 3. The van der Waals surface area contributed by atoms with E-state index in [9.17, 15) is 0 Å². The molecule has 0 bridgehead atoms. The molecule has 1 unspecified atom stereocenters. The van der Waals surface area contributed by atoms with Gasteiger partial charge >= 0.3 is 0 Å². The molecule has 0 N–H and O–H groups in total. The molecular weight excluding hydrogens is 298 g/mol.